The van der Waals surface area contributed by atoms with Gasteiger partial charge in [0.1, 0.15) is 22.6 Å². The number of carbonyl (C=O) groups excluding carboxylic acids is 1. The molecule has 2 aromatic heterocycles. The van der Waals surface area contributed by atoms with Crippen LogP contribution < -0.4 is 0 Å². The van der Waals surface area contributed by atoms with E-state index in [0.29, 0.717) is 33.2 Å². The first-order valence-corrected chi connectivity index (χ1v) is 9.26. The highest BCUT2D eigenvalue weighted by Crippen LogP contribution is 2.30. The summed E-state index contributed by atoms with van der Waals surface area (Å²) in [5, 5.41) is 10.2. The van der Waals surface area contributed by atoms with Crippen LogP contribution in [0, 0.1) is 11.3 Å². The lowest BCUT2D eigenvalue weighted by Crippen LogP contribution is -2.02. The summed E-state index contributed by atoms with van der Waals surface area (Å²) in [6.07, 6.45) is 1.65. The van der Waals surface area contributed by atoms with Gasteiger partial charge in [0.25, 0.3) is 0 Å². The molecule has 0 amide bonds. The molecule has 0 bridgehead atoms. The van der Waals surface area contributed by atoms with Gasteiger partial charge in [0, 0.05) is 11.6 Å². The van der Waals surface area contributed by atoms with Crippen LogP contribution in [0.1, 0.15) is 21.1 Å². The molecule has 136 valence electrons. The van der Waals surface area contributed by atoms with Gasteiger partial charge in [-0.25, -0.2) is 9.78 Å². The first-order chi connectivity index (χ1) is 13.7. The number of aromatic nitrogens is 1. The molecule has 28 heavy (non-hydrogen) atoms. The maximum atomic E-state index is 12.0. The molecule has 0 aliphatic carbocycles. The van der Waals surface area contributed by atoms with Gasteiger partial charge in [-0.1, -0.05) is 30.3 Å². The van der Waals surface area contributed by atoms with Crippen LogP contribution in [0.25, 0.3) is 33.2 Å². The molecule has 0 radical (unpaired) electrons. The van der Waals surface area contributed by atoms with Crippen molar-refractivity contribution in [2.75, 3.05) is 7.11 Å². The van der Waals surface area contributed by atoms with Crippen molar-refractivity contribution in [1.29, 1.82) is 5.26 Å². The van der Waals surface area contributed by atoms with E-state index in [9.17, 15) is 10.1 Å². The SMILES string of the molecule is COC(=O)c1ccccc1-c1ccc(C=C(C#N)c2nc3ccccc3s2)o1. The fourth-order valence-electron chi connectivity index (χ4n) is 2.83. The standard InChI is InChI=1S/C22H14N2O3S/c1-26-22(25)17-7-3-2-6-16(17)19-11-10-15(27-19)12-14(13-23)21-24-18-8-4-5-9-20(18)28-21/h2-12H,1H3. The first kappa shape index (κ1) is 17.7. The lowest BCUT2D eigenvalue weighted by atomic mass is 10.1. The summed E-state index contributed by atoms with van der Waals surface area (Å²) in [4.78, 5) is 16.5. The van der Waals surface area contributed by atoms with Gasteiger partial charge < -0.3 is 9.15 Å². The fourth-order valence-corrected chi connectivity index (χ4v) is 3.76. The van der Waals surface area contributed by atoms with Gasteiger partial charge in [-0.05, 0) is 30.3 Å². The molecule has 0 fully saturated rings. The monoisotopic (exact) mass is 386 g/mol. The molecule has 0 unspecified atom stereocenters. The molecule has 5 nitrogen and oxygen atoms in total. The van der Waals surface area contributed by atoms with Crippen LogP contribution in [0.15, 0.2) is 65.1 Å². The maximum Gasteiger partial charge on any atom is 0.338 e. The Balaban J connectivity index is 1.71. The lowest BCUT2D eigenvalue weighted by Gasteiger charge is -2.04. The highest BCUT2D eigenvalue weighted by Gasteiger charge is 2.16. The number of furan rings is 1. The zero-order chi connectivity index (χ0) is 19.5. The Labute approximate surface area is 165 Å². The van der Waals surface area contributed by atoms with Gasteiger partial charge >= 0.3 is 5.97 Å². The summed E-state index contributed by atoms with van der Waals surface area (Å²) < 4.78 is 11.7. The summed E-state index contributed by atoms with van der Waals surface area (Å²) in [5.41, 5.74) is 2.33. The summed E-state index contributed by atoms with van der Waals surface area (Å²) in [5.74, 6) is 0.593. The minimum absolute atomic E-state index is 0.418. The number of esters is 1. The number of hydrogen-bond donors (Lipinski definition) is 0. The summed E-state index contributed by atoms with van der Waals surface area (Å²) in [7, 11) is 1.34. The van der Waals surface area contributed by atoms with Crippen LogP contribution in [0.2, 0.25) is 0 Å². The number of rotatable bonds is 4. The Hall–Kier alpha value is -3.69. The normalized spacial score (nSPS) is 11.4. The second-order valence-corrected chi connectivity index (χ2v) is 6.93. The lowest BCUT2D eigenvalue weighted by molar-refractivity contribution is 0.0601. The van der Waals surface area contributed by atoms with Gasteiger partial charge in [0.05, 0.1) is 28.5 Å². The third-order valence-corrected chi connectivity index (χ3v) is 5.23. The van der Waals surface area contributed by atoms with Crippen molar-refractivity contribution in [3.63, 3.8) is 0 Å². The number of benzene rings is 2. The Morgan fingerprint density at radius 3 is 2.71 bits per heavy atom. The second-order valence-electron chi connectivity index (χ2n) is 5.90. The van der Waals surface area contributed by atoms with E-state index in [4.69, 9.17) is 9.15 Å². The molecular formula is C22H14N2O3S. The van der Waals surface area contributed by atoms with E-state index in [0.717, 1.165) is 10.2 Å². The number of methoxy groups -OCH3 is 1. The number of hydrogen-bond acceptors (Lipinski definition) is 6. The average molecular weight is 386 g/mol. The predicted octanol–water partition coefficient (Wildman–Crippen LogP) is 5.41. The molecule has 0 saturated heterocycles. The van der Waals surface area contributed by atoms with Crippen molar-refractivity contribution >= 4 is 39.2 Å². The van der Waals surface area contributed by atoms with E-state index in [2.05, 4.69) is 11.1 Å². The number of nitrogens with zero attached hydrogens (tertiary/aromatic N) is 2. The highest BCUT2D eigenvalue weighted by atomic mass is 32.1. The van der Waals surface area contributed by atoms with Gasteiger partial charge in [0.2, 0.25) is 0 Å². The van der Waals surface area contributed by atoms with E-state index < -0.39 is 5.97 Å². The third kappa shape index (κ3) is 3.31. The van der Waals surface area contributed by atoms with Crippen LogP contribution in [0.5, 0.6) is 0 Å². The Morgan fingerprint density at radius 2 is 1.93 bits per heavy atom. The van der Waals surface area contributed by atoms with Crippen molar-refractivity contribution in [2.45, 2.75) is 0 Å². The van der Waals surface area contributed by atoms with Crippen LogP contribution in [-0.2, 0) is 4.74 Å². The van der Waals surface area contributed by atoms with Crippen molar-refractivity contribution in [2.24, 2.45) is 0 Å². The van der Waals surface area contributed by atoms with E-state index in [1.807, 2.05) is 30.3 Å². The van der Waals surface area contributed by atoms with Crippen molar-refractivity contribution in [3.05, 3.63) is 77.0 Å². The molecule has 0 N–H and O–H groups in total. The molecule has 0 spiro atoms. The highest BCUT2D eigenvalue weighted by molar-refractivity contribution is 7.19. The van der Waals surface area contributed by atoms with Crippen molar-refractivity contribution in [3.8, 4) is 17.4 Å². The molecule has 4 aromatic rings. The molecule has 0 aliphatic rings. The van der Waals surface area contributed by atoms with Crippen LogP contribution in [0.4, 0.5) is 0 Å². The van der Waals surface area contributed by atoms with Crippen LogP contribution in [0.3, 0.4) is 0 Å². The van der Waals surface area contributed by atoms with E-state index in [-0.39, 0.29) is 0 Å². The molecule has 0 atom stereocenters. The minimum atomic E-state index is -0.434. The van der Waals surface area contributed by atoms with E-state index >= 15 is 0 Å². The number of allylic oxidation sites excluding steroid dienone is 1. The average Bonchev–Trinajstić information content (AvgIpc) is 3.38. The zero-order valence-corrected chi connectivity index (χ0v) is 15.7. The number of fused-ring (bicyclic) bond motifs is 1. The quantitative estimate of drug-likeness (QED) is 0.346. The Kier molecular flexibility index (Phi) is 4.75. The smallest absolute Gasteiger partial charge is 0.338 e. The van der Waals surface area contributed by atoms with Crippen LogP contribution in [-0.4, -0.2) is 18.1 Å². The van der Waals surface area contributed by atoms with Gasteiger partial charge in [-0.3, -0.25) is 0 Å². The fraction of sp³-hybridized carbons (Fsp3) is 0.0455. The predicted molar refractivity (Wildman–Crippen MR) is 109 cm³/mol. The molecular weight excluding hydrogens is 372 g/mol. The number of ether oxygens (including phenoxy) is 1. The molecule has 0 aliphatic heterocycles. The van der Waals surface area contributed by atoms with Gasteiger partial charge in [-0.2, -0.15) is 5.26 Å². The van der Waals surface area contributed by atoms with E-state index in [1.165, 1.54) is 18.4 Å². The van der Waals surface area contributed by atoms with Crippen molar-refractivity contribution < 1.29 is 13.9 Å². The third-order valence-electron chi connectivity index (χ3n) is 4.16. The maximum absolute atomic E-state index is 12.0. The number of para-hydroxylation sites is 1. The summed E-state index contributed by atoms with van der Waals surface area (Å²) in [6.45, 7) is 0. The largest absolute Gasteiger partial charge is 0.465 e. The zero-order valence-electron chi connectivity index (χ0n) is 14.9. The van der Waals surface area contributed by atoms with Crippen LogP contribution >= 0.6 is 11.3 Å². The minimum Gasteiger partial charge on any atom is -0.465 e. The van der Waals surface area contributed by atoms with Gasteiger partial charge in [0.15, 0.2) is 0 Å². The Bertz CT molecular complexity index is 1210. The first-order valence-electron chi connectivity index (χ1n) is 8.45. The van der Waals surface area contributed by atoms with E-state index in [1.54, 1.807) is 36.4 Å². The number of thiazole rings is 1. The number of nitriles is 1. The van der Waals surface area contributed by atoms with Gasteiger partial charge in [-0.15, -0.1) is 11.3 Å². The Morgan fingerprint density at radius 1 is 1.14 bits per heavy atom. The summed E-state index contributed by atoms with van der Waals surface area (Å²) in [6, 6.07) is 20.5. The molecule has 2 heterocycles. The second kappa shape index (κ2) is 7.51. The molecule has 0 saturated carbocycles. The molecule has 4 rings (SSSR count). The van der Waals surface area contributed by atoms with Crippen molar-refractivity contribution in [1.82, 2.24) is 4.98 Å². The topological polar surface area (TPSA) is 76.1 Å². The molecule has 6 heteroatoms. The molecule has 2 aromatic carbocycles. The summed E-state index contributed by atoms with van der Waals surface area (Å²) >= 11 is 1.46. The number of carbonyl (C=O) groups is 1.